The Balaban J connectivity index is 2.83. The third-order valence-electron chi connectivity index (χ3n) is 2.65. The molecule has 0 saturated carbocycles. The first kappa shape index (κ1) is 12.7. The number of hydrogen-bond donors (Lipinski definition) is 0. The molecular formula is C11H10ClN3O3. The lowest BCUT2D eigenvalue weighted by Gasteiger charge is -2.12. The van der Waals surface area contributed by atoms with E-state index in [1.54, 1.807) is 19.1 Å². The zero-order valence-electron chi connectivity index (χ0n) is 9.75. The number of methoxy groups -OCH3 is 1. The van der Waals surface area contributed by atoms with Gasteiger partial charge < -0.3 is 4.74 Å². The van der Waals surface area contributed by atoms with Crippen LogP contribution in [-0.2, 0) is 4.74 Å². The summed E-state index contributed by atoms with van der Waals surface area (Å²) in [7, 11) is 1.48. The zero-order chi connectivity index (χ0) is 13.3. The normalized spacial score (nSPS) is 12.6. The fourth-order valence-electron chi connectivity index (χ4n) is 1.72. The summed E-state index contributed by atoms with van der Waals surface area (Å²) in [6.45, 7) is 1.71. The second-order valence-corrected chi connectivity index (χ2v) is 4.08. The largest absolute Gasteiger partial charge is 0.377 e. The highest BCUT2D eigenvalue weighted by atomic mass is 35.5. The minimum absolute atomic E-state index is 0.119. The van der Waals surface area contributed by atoms with Crippen molar-refractivity contribution in [1.29, 1.82) is 0 Å². The van der Waals surface area contributed by atoms with Crippen molar-refractivity contribution >= 4 is 28.3 Å². The van der Waals surface area contributed by atoms with E-state index < -0.39 is 11.0 Å². The van der Waals surface area contributed by atoms with E-state index in [0.29, 0.717) is 16.6 Å². The van der Waals surface area contributed by atoms with Gasteiger partial charge in [0.15, 0.2) is 0 Å². The molecule has 0 spiro atoms. The lowest BCUT2D eigenvalue weighted by atomic mass is 10.1. The summed E-state index contributed by atoms with van der Waals surface area (Å²) < 4.78 is 5.16. The highest BCUT2D eigenvalue weighted by Gasteiger charge is 2.24. The summed E-state index contributed by atoms with van der Waals surface area (Å²) in [5, 5.41) is 11.3. The SMILES string of the molecule is COC(C)c1c([N+](=O)[O-])cnc2ccc(Cl)nc12. The molecule has 2 rings (SSSR count). The van der Waals surface area contributed by atoms with Crippen LogP contribution < -0.4 is 0 Å². The molecule has 0 aliphatic heterocycles. The van der Waals surface area contributed by atoms with Crippen molar-refractivity contribution < 1.29 is 9.66 Å². The molecule has 2 aromatic heterocycles. The van der Waals surface area contributed by atoms with Crippen LogP contribution in [0.5, 0.6) is 0 Å². The molecule has 18 heavy (non-hydrogen) atoms. The van der Waals surface area contributed by atoms with Crippen LogP contribution in [0.4, 0.5) is 5.69 Å². The molecule has 1 unspecified atom stereocenters. The third kappa shape index (κ3) is 2.12. The van der Waals surface area contributed by atoms with Crippen molar-refractivity contribution in [3.05, 3.63) is 39.2 Å². The lowest BCUT2D eigenvalue weighted by Crippen LogP contribution is -2.05. The van der Waals surface area contributed by atoms with Gasteiger partial charge in [0.1, 0.15) is 16.9 Å². The molecule has 0 radical (unpaired) electrons. The minimum atomic E-state index is -0.500. The van der Waals surface area contributed by atoms with E-state index in [4.69, 9.17) is 16.3 Å². The summed E-state index contributed by atoms with van der Waals surface area (Å²) in [5.41, 5.74) is 1.21. The van der Waals surface area contributed by atoms with Gasteiger partial charge in [-0.05, 0) is 19.1 Å². The standard InChI is InChI=1S/C11H10ClN3O3/c1-6(18-2)10-8(15(16)17)5-13-7-3-4-9(12)14-11(7)10/h3-6H,1-2H3. The van der Waals surface area contributed by atoms with E-state index in [9.17, 15) is 10.1 Å². The van der Waals surface area contributed by atoms with E-state index >= 15 is 0 Å². The average molecular weight is 268 g/mol. The number of halogens is 1. The van der Waals surface area contributed by atoms with E-state index in [-0.39, 0.29) is 10.8 Å². The second kappa shape index (κ2) is 4.83. The Morgan fingerprint density at radius 1 is 1.50 bits per heavy atom. The zero-order valence-corrected chi connectivity index (χ0v) is 10.5. The van der Waals surface area contributed by atoms with Gasteiger partial charge in [-0.3, -0.25) is 10.1 Å². The van der Waals surface area contributed by atoms with Crippen molar-refractivity contribution in [2.24, 2.45) is 0 Å². The fraction of sp³-hybridized carbons (Fsp3) is 0.273. The maximum atomic E-state index is 11.0. The number of nitrogens with zero attached hydrogens (tertiary/aromatic N) is 3. The highest BCUT2D eigenvalue weighted by Crippen LogP contribution is 2.32. The Labute approximate surface area is 108 Å². The Morgan fingerprint density at radius 2 is 2.22 bits per heavy atom. The Morgan fingerprint density at radius 3 is 2.83 bits per heavy atom. The molecule has 2 heterocycles. The second-order valence-electron chi connectivity index (χ2n) is 3.69. The van der Waals surface area contributed by atoms with Crippen LogP contribution in [0.25, 0.3) is 11.0 Å². The van der Waals surface area contributed by atoms with Crippen LogP contribution in [0.15, 0.2) is 18.3 Å². The van der Waals surface area contributed by atoms with Gasteiger partial charge in [-0.25, -0.2) is 9.97 Å². The van der Waals surface area contributed by atoms with E-state index in [2.05, 4.69) is 9.97 Å². The molecule has 0 bridgehead atoms. The van der Waals surface area contributed by atoms with Gasteiger partial charge in [-0.1, -0.05) is 11.6 Å². The molecule has 7 heteroatoms. The summed E-state index contributed by atoms with van der Waals surface area (Å²) in [4.78, 5) is 18.6. The third-order valence-corrected chi connectivity index (χ3v) is 2.86. The molecule has 94 valence electrons. The maximum absolute atomic E-state index is 11.0. The number of ether oxygens (including phenoxy) is 1. The first-order valence-corrected chi connectivity index (χ1v) is 5.54. The molecule has 0 fully saturated rings. The number of hydrogen-bond acceptors (Lipinski definition) is 5. The van der Waals surface area contributed by atoms with Crippen LogP contribution in [0.2, 0.25) is 5.15 Å². The van der Waals surface area contributed by atoms with Crippen molar-refractivity contribution in [3.63, 3.8) is 0 Å². The van der Waals surface area contributed by atoms with Crippen molar-refractivity contribution in [2.45, 2.75) is 13.0 Å². The molecule has 2 aromatic rings. The van der Waals surface area contributed by atoms with E-state index in [1.165, 1.54) is 13.3 Å². The van der Waals surface area contributed by atoms with E-state index in [0.717, 1.165) is 0 Å². The maximum Gasteiger partial charge on any atom is 0.295 e. The molecule has 0 aromatic carbocycles. The first-order valence-electron chi connectivity index (χ1n) is 5.17. The van der Waals surface area contributed by atoms with Gasteiger partial charge in [-0.15, -0.1) is 0 Å². The molecule has 0 N–H and O–H groups in total. The molecule has 0 saturated heterocycles. The minimum Gasteiger partial charge on any atom is -0.377 e. The van der Waals surface area contributed by atoms with Gasteiger partial charge in [0, 0.05) is 7.11 Å². The predicted octanol–water partition coefficient (Wildman–Crippen LogP) is 2.90. The Bertz CT molecular complexity index is 618. The van der Waals surface area contributed by atoms with Crippen LogP contribution in [-0.4, -0.2) is 22.0 Å². The number of fused-ring (bicyclic) bond motifs is 1. The molecule has 0 aliphatic rings. The van der Waals surface area contributed by atoms with Crippen molar-refractivity contribution in [2.75, 3.05) is 7.11 Å². The predicted molar refractivity (Wildman–Crippen MR) is 66.6 cm³/mol. The number of pyridine rings is 2. The monoisotopic (exact) mass is 267 g/mol. The van der Waals surface area contributed by atoms with Crippen molar-refractivity contribution in [1.82, 2.24) is 9.97 Å². The molecule has 0 aliphatic carbocycles. The highest BCUT2D eigenvalue weighted by molar-refractivity contribution is 6.29. The molecule has 1 atom stereocenters. The Kier molecular flexibility index (Phi) is 3.40. The van der Waals surface area contributed by atoms with Gasteiger partial charge in [0.2, 0.25) is 0 Å². The summed E-state index contributed by atoms with van der Waals surface area (Å²) in [5.74, 6) is 0. The number of nitro groups is 1. The summed E-state index contributed by atoms with van der Waals surface area (Å²) >= 11 is 5.82. The van der Waals surface area contributed by atoms with E-state index in [1.807, 2.05) is 0 Å². The summed E-state index contributed by atoms with van der Waals surface area (Å²) in [6, 6.07) is 3.25. The molecule has 6 nitrogen and oxygen atoms in total. The smallest absolute Gasteiger partial charge is 0.295 e. The number of rotatable bonds is 3. The molecule has 0 amide bonds. The van der Waals surface area contributed by atoms with Crippen LogP contribution >= 0.6 is 11.6 Å². The lowest BCUT2D eigenvalue weighted by molar-refractivity contribution is -0.386. The van der Waals surface area contributed by atoms with Gasteiger partial charge in [0.25, 0.3) is 5.69 Å². The first-order chi connectivity index (χ1) is 8.54. The fourth-order valence-corrected chi connectivity index (χ4v) is 1.86. The van der Waals surface area contributed by atoms with Crippen LogP contribution in [0.3, 0.4) is 0 Å². The quantitative estimate of drug-likeness (QED) is 0.485. The Hall–Kier alpha value is -1.79. The van der Waals surface area contributed by atoms with Gasteiger partial charge >= 0.3 is 0 Å². The van der Waals surface area contributed by atoms with Crippen molar-refractivity contribution in [3.8, 4) is 0 Å². The van der Waals surface area contributed by atoms with Gasteiger partial charge in [-0.2, -0.15) is 0 Å². The molecular weight excluding hydrogens is 258 g/mol. The average Bonchev–Trinajstić information content (AvgIpc) is 2.36. The summed E-state index contributed by atoms with van der Waals surface area (Å²) in [6.07, 6.45) is 0.741. The number of aromatic nitrogens is 2. The van der Waals surface area contributed by atoms with Crippen LogP contribution in [0, 0.1) is 10.1 Å². The van der Waals surface area contributed by atoms with Gasteiger partial charge in [0.05, 0.1) is 22.1 Å². The topological polar surface area (TPSA) is 78.2 Å². The van der Waals surface area contributed by atoms with Crippen LogP contribution in [0.1, 0.15) is 18.6 Å².